The van der Waals surface area contributed by atoms with Crippen molar-refractivity contribution < 1.29 is 9.72 Å². The summed E-state index contributed by atoms with van der Waals surface area (Å²) in [5.41, 5.74) is 0.997. The van der Waals surface area contributed by atoms with Gasteiger partial charge in [0.2, 0.25) is 5.91 Å². The molecule has 0 fully saturated rings. The number of anilines is 1. The number of carbonyl (C=O) groups is 1. The molecule has 0 radical (unpaired) electrons. The lowest BCUT2D eigenvalue weighted by Crippen LogP contribution is -2.20. The Kier molecular flexibility index (Phi) is 4.82. The molecule has 7 nitrogen and oxygen atoms in total. The Balaban J connectivity index is 2.16. The molecule has 9 heteroatoms. The molecule has 1 aromatic heterocycles. The summed E-state index contributed by atoms with van der Waals surface area (Å²) in [5.74, 6) is -0.371. The lowest BCUT2D eigenvalue weighted by molar-refractivity contribution is -0.386. The first-order valence-electron chi connectivity index (χ1n) is 6.23. The number of amides is 1. The van der Waals surface area contributed by atoms with Gasteiger partial charge in [0.15, 0.2) is 0 Å². The van der Waals surface area contributed by atoms with E-state index in [0.29, 0.717) is 16.4 Å². The Morgan fingerprint density at radius 2 is 2.18 bits per heavy atom. The Hall–Kier alpha value is -1.93. The molecule has 1 amide bonds. The van der Waals surface area contributed by atoms with Crippen LogP contribution in [-0.2, 0) is 11.3 Å². The SMILES string of the molecule is Cc1nn(CC(=O)Nc2ccc(Br)cc2Cl)c(C)c1[N+](=O)[O-]. The molecule has 116 valence electrons. The van der Waals surface area contributed by atoms with Gasteiger partial charge in [0, 0.05) is 4.47 Å². The van der Waals surface area contributed by atoms with E-state index in [9.17, 15) is 14.9 Å². The van der Waals surface area contributed by atoms with Crippen molar-refractivity contribution in [3.05, 3.63) is 49.2 Å². The van der Waals surface area contributed by atoms with Gasteiger partial charge in [-0.15, -0.1) is 0 Å². The molecule has 22 heavy (non-hydrogen) atoms. The van der Waals surface area contributed by atoms with Gasteiger partial charge in [-0.25, -0.2) is 0 Å². The summed E-state index contributed by atoms with van der Waals surface area (Å²) in [6, 6.07) is 5.06. The van der Waals surface area contributed by atoms with Crippen LogP contribution in [0.15, 0.2) is 22.7 Å². The number of hydrogen-bond acceptors (Lipinski definition) is 4. The predicted molar refractivity (Wildman–Crippen MR) is 86.1 cm³/mol. The highest BCUT2D eigenvalue weighted by atomic mass is 79.9. The fourth-order valence-corrected chi connectivity index (χ4v) is 2.74. The average Bonchev–Trinajstić information content (AvgIpc) is 2.67. The molecule has 1 N–H and O–H groups in total. The summed E-state index contributed by atoms with van der Waals surface area (Å²) in [5, 5.41) is 18.0. The van der Waals surface area contributed by atoms with Crippen molar-refractivity contribution >= 4 is 44.8 Å². The van der Waals surface area contributed by atoms with Crippen LogP contribution in [0.3, 0.4) is 0 Å². The number of aryl methyl sites for hydroxylation is 1. The predicted octanol–water partition coefficient (Wildman–Crippen LogP) is 3.46. The van der Waals surface area contributed by atoms with Crippen molar-refractivity contribution in [3.8, 4) is 0 Å². The van der Waals surface area contributed by atoms with Gasteiger partial charge < -0.3 is 5.32 Å². The van der Waals surface area contributed by atoms with E-state index in [0.717, 1.165) is 4.47 Å². The van der Waals surface area contributed by atoms with E-state index in [1.54, 1.807) is 25.1 Å². The highest BCUT2D eigenvalue weighted by Gasteiger charge is 2.22. The molecular formula is C13H12BrClN4O3. The zero-order chi connectivity index (χ0) is 16.4. The quantitative estimate of drug-likeness (QED) is 0.642. The fraction of sp³-hybridized carbons (Fsp3) is 0.231. The molecule has 0 saturated heterocycles. The second-order valence-corrected chi connectivity index (χ2v) is 5.93. The number of halogens is 2. The second-order valence-electron chi connectivity index (χ2n) is 4.61. The molecule has 0 bridgehead atoms. The molecule has 0 spiro atoms. The van der Waals surface area contributed by atoms with E-state index in [1.165, 1.54) is 11.6 Å². The smallest absolute Gasteiger partial charge is 0.312 e. The van der Waals surface area contributed by atoms with Crippen LogP contribution in [0.5, 0.6) is 0 Å². The minimum Gasteiger partial charge on any atom is -0.323 e. The maximum atomic E-state index is 12.0. The molecule has 0 saturated carbocycles. The molecule has 0 aliphatic heterocycles. The third kappa shape index (κ3) is 3.45. The Labute approximate surface area is 139 Å². The number of carbonyl (C=O) groups excluding carboxylic acids is 1. The Morgan fingerprint density at radius 3 is 2.73 bits per heavy atom. The maximum Gasteiger partial charge on any atom is 0.312 e. The number of nitro groups is 1. The van der Waals surface area contributed by atoms with Crippen LogP contribution >= 0.6 is 27.5 Å². The highest BCUT2D eigenvalue weighted by molar-refractivity contribution is 9.10. The van der Waals surface area contributed by atoms with Crippen molar-refractivity contribution in [2.24, 2.45) is 0 Å². The van der Waals surface area contributed by atoms with Gasteiger partial charge in [-0.3, -0.25) is 19.6 Å². The van der Waals surface area contributed by atoms with Crippen LogP contribution < -0.4 is 5.32 Å². The van der Waals surface area contributed by atoms with Crippen LogP contribution in [0.1, 0.15) is 11.4 Å². The molecule has 0 aliphatic carbocycles. The van der Waals surface area contributed by atoms with Gasteiger partial charge in [-0.2, -0.15) is 5.10 Å². The minimum absolute atomic E-state index is 0.0746. The third-order valence-electron chi connectivity index (χ3n) is 3.02. The first-order chi connectivity index (χ1) is 10.3. The van der Waals surface area contributed by atoms with E-state index in [4.69, 9.17) is 11.6 Å². The van der Waals surface area contributed by atoms with Gasteiger partial charge in [0.25, 0.3) is 0 Å². The van der Waals surface area contributed by atoms with Crippen LogP contribution in [0.2, 0.25) is 5.02 Å². The molecule has 2 aromatic rings. The summed E-state index contributed by atoms with van der Waals surface area (Å²) in [6.45, 7) is 2.95. The first-order valence-corrected chi connectivity index (χ1v) is 7.40. The normalized spacial score (nSPS) is 10.5. The number of aromatic nitrogens is 2. The van der Waals surface area contributed by atoms with Gasteiger partial charge in [-0.1, -0.05) is 27.5 Å². The standard InChI is InChI=1S/C13H12BrClN4O3/c1-7-13(19(21)22)8(2)18(17-7)6-12(20)16-11-4-3-9(14)5-10(11)15/h3-5H,6H2,1-2H3,(H,16,20). The first kappa shape index (κ1) is 16.4. The van der Waals surface area contributed by atoms with E-state index in [1.807, 2.05) is 0 Å². The number of benzene rings is 1. The molecule has 1 aromatic carbocycles. The molecule has 0 aliphatic rings. The Bertz CT molecular complexity index is 760. The van der Waals surface area contributed by atoms with Crippen molar-refractivity contribution in [1.29, 1.82) is 0 Å². The lowest BCUT2D eigenvalue weighted by atomic mass is 10.3. The number of nitrogens with zero attached hydrogens (tertiary/aromatic N) is 3. The average molecular weight is 388 g/mol. The van der Waals surface area contributed by atoms with Crippen LogP contribution in [0.4, 0.5) is 11.4 Å². The fourth-order valence-electron chi connectivity index (χ4n) is 2.02. The van der Waals surface area contributed by atoms with Crippen LogP contribution in [0.25, 0.3) is 0 Å². The van der Waals surface area contributed by atoms with Crippen molar-refractivity contribution in [2.75, 3.05) is 5.32 Å². The monoisotopic (exact) mass is 386 g/mol. The van der Waals surface area contributed by atoms with E-state index in [-0.39, 0.29) is 23.8 Å². The van der Waals surface area contributed by atoms with Crippen molar-refractivity contribution in [1.82, 2.24) is 9.78 Å². The third-order valence-corrected chi connectivity index (χ3v) is 3.83. The van der Waals surface area contributed by atoms with Gasteiger partial charge in [0.1, 0.15) is 17.9 Å². The second kappa shape index (κ2) is 6.45. The zero-order valence-corrected chi connectivity index (χ0v) is 14.1. The number of hydrogen-bond donors (Lipinski definition) is 1. The van der Waals surface area contributed by atoms with Crippen LogP contribution in [-0.4, -0.2) is 20.6 Å². The van der Waals surface area contributed by atoms with Crippen molar-refractivity contribution in [2.45, 2.75) is 20.4 Å². The van der Waals surface area contributed by atoms with Crippen LogP contribution in [0, 0.1) is 24.0 Å². The largest absolute Gasteiger partial charge is 0.323 e. The Morgan fingerprint density at radius 1 is 1.50 bits per heavy atom. The summed E-state index contributed by atoms with van der Waals surface area (Å²) >= 11 is 9.30. The molecule has 2 rings (SSSR count). The van der Waals surface area contributed by atoms with E-state index >= 15 is 0 Å². The van der Waals surface area contributed by atoms with Crippen molar-refractivity contribution in [3.63, 3.8) is 0 Å². The topological polar surface area (TPSA) is 90.1 Å². The molecule has 0 atom stereocenters. The summed E-state index contributed by atoms with van der Waals surface area (Å²) in [4.78, 5) is 22.5. The number of rotatable bonds is 4. The van der Waals surface area contributed by atoms with Gasteiger partial charge in [-0.05, 0) is 32.0 Å². The molecule has 0 unspecified atom stereocenters. The molecular weight excluding hydrogens is 376 g/mol. The number of nitrogens with one attached hydrogen (secondary N) is 1. The lowest BCUT2D eigenvalue weighted by Gasteiger charge is -2.08. The summed E-state index contributed by atoms with van der Waals surface area (Å²) in [6.07, 6.45) is 0. The highest BCUT2D eigenvalue weighted by Crippen LogP contribution is 2.26. The van der Waals surface area contributed by atoms with Gasteiger partial charge in [0.05, 0.1) is 15.6 Å². The summed E-state index contributed by atoms with van der Waals surface area (Å²) in [7, 11) is 0. The molecule has 1 heterocycles. The van der Waals surface area contributed by atoms with Gasteiger partial charge >= 0.3 is 5.69 Å². The van der Waals surface area contributed by atoms with E-state index in [2.05, 4.69) is 26.3 Å². The minimum atomic E-state index is -0.502. The summed E-state index contributed by atoms with van der Waals surface area (Å²) < 4.78 is 2.10. The van der Waals surface area contributed by atoms with E-state index < -0.39 is 4.92 Å². The maximum absolute atomic E-state index is 12.0. The zero-order valence-electron chi connectivity index (χ0n) is 11.8.